The van der Waals surface area contributed by atoms with Gasteiger partial charge in [-0.15, -0.1) is 0 Å². The molecule has 0 aromatic heterocycles. The van der Waals surface area contributed by atoms with Gasteiger partial charge in [0.15, 0.2) is 0 Å². The van der Waals surface area contributed by atoms with Gasteiger partial charge in [0.25, 0.3) is 0 Å². The Labute approximate surface area is 125 Å². The number of carbonyl (C=O) groups is 2. The van der Waals surface area contributed by atoms with Crippen molar-refractivity contribution in [2.24, 2.45) is 5.92 Å². The lowest BCUT2D eigenvalue weighted by atomic mass is 9.96. The Morgan fingerprint density at radius 3 is 2.43 bits per heavy atom. The largest absolute Gasteiger partial charge is 0.480 e. The Morgan fingerprint density at radius 1 is 1.14 bits per heavy atom. The van der Waals surface area contributed by atoms with Gasteiger partial charge in [-0.05, 0) is 52.0 Å². The summed E-state index contributed by atoms with van der Waals surface area (Å²) in [6.07, 6.45) is 5.09. The van der Waals surface area contributed by atoms with Crippen molar-refractivity contribution in [2.45, 2.75) is 56.7 Å². The summed E-state index contributed by atoms with van der Waals surface area (Å²) in [6, 6.07) is 0.773. The van der Waals surface area contributed by atoms with Crippen molar-refractivity contribution in [1.82, 2.24) is 15.1 Å². The summed E-state index contributed by atoms with van der Waals surface area (Å²) in [4.78, 5) is 28.2. The SMILES string of the molecule is CN1C2CCC1CN(C(=O)NC(C)(C(=O)O)C1CC1)CC2. The van der Waals surface area contributed by atoms with Crippen LogP contribution in [0.1, 0.15) is 39.0 Å². The molecule has 2 saturated heterocycles. The number of hydrogen-bond donors (Lipinski definition) is 2. The second-order valence-electron chi connectivity index (χ2n) is 7.00. The number of urea groups is 1. The van der Waals surface area contributed by atoms with Gasteiger partial charge in [0.05, 0.1) is 0 Å². The molecule has 3 aliphatic rings. The highest BCUT2D eigenvalue weighted by molar-refractivity contribution is 5.86. The summed E-state index contributed by atoms with van der Waals surface area (Å²) in [5.41, 5.74) is -1.12. The number of fused-ring (bicyclic) bond motifs is 2. The molecule has 2 heterocycles. The van der Waals surface area contributed by atoms with Crippen LogP contribution in [-0.4, -0.2) is 64.7 Å². The molecule has 2 N–H and O–H groups in total. The lowest BCUT2D eigenvalue weighted by Crippen LogP contribution is -2.58. The van der Waals surface area contributed by atoms with E-state index in [-0.39, 0.29) is 11.9 Å². The molecule has 2 bridgehead atoms. The molecule has 1 saturated carbocycles. The van der Waals surface area contributed by atoms with E-state index < -0.39 is 11.5 Å². The van der Waals surface area contributed by atoms with Crippen molar-refractivity contribution >= 4 is 12.0 Å². The van der Waals surface area contributed by atoms with Crippen molar-refractivity contribution in [3.8, 4) is 0 Å². The quantitative estimate of drug-likeness (QED) is 0.818. The van der Waals surface area contributed by atoms with Gasteiger partial charge in [0.2, 0.25) is 0 Å². The number of carboxylic acids is 1. The average molecular weight is 295 g/mol. The summed E-state index contributed by atoms with van der Waals surface area (Å²) in [7, 11) is 2.13. The maximum atomic E-state index is 12.5. The van der Waals surface area contributed by atoms with Crippen LogP contribution in [-0.2, 0) is 4.79 Å². The molecule has 0 aromatic carbocycles. The Hall–Kier alpha value is -1.30. The first kappa shape index (κ1) is 14.6. The first-order valence-electron chi connectivity index (χ1n) is 7.94. The molecule has 0 spiro atoms. The van der Waals surface area contributed by atoms with Crippen LogP contribution in [0.25, 0.3) is 0 Å². The Morgan fingerprint density at radius 2 is 1.81 bits per heavy atom. The molecule has 6 heteroatoms. The second-order valence-corrected chi connectivity index (χ2v) is 7.00. The van der Waals surface area contributed by atoms with Gasteiger partial charge in [-0.25, -0.2) is 9.59 Å². The van der Waals surface area contributed by atoms with E-state index in [2.05, 4.69) is 17.3 Å². The van der Waals surface area contributed by atoms with Crippen molar-refractivity contribution in [3.05, 3.63) is 0 Å². The molecule has 6 nitrogen and oxygen atoms in total. The van der Waals surface area contributed by atoms with E-state index in [9.17, 15) is 14.7 Å². The molecule has 21 heavy (non-hydrogen) atoms. The van der Waals surface area contributed by atoms with E-state index in [0.29, 0.717) is 18.6 Å². The number of nitrogens with zero attached hydrogens (tertiary/aromatic N) is 2. The van der Waals surface area contributed by atoms with Gasteiger partial charge >= 0.3 is 12.0 Å². The Balaban J connectivity index is 1.66. The van der Waals surface area contributed by atoms with Gasteiger partial charge in [0, 0.05) is 25.2 Å². The molecule has 3 atom stereocenters. The predicted octanol–water partition coefficient (Wildman–Crippen LogP) is 1.12. The maximum absolute atomic E-state index is 12.5. The Kier molecular flexibility index (Phi) is 3.59. The number of likely N-dealkylation sites (N-methyl/N-ethyl adjacent to an activating group) is 1. The molecule has 118 valence electrons. The Bertz CT molecular complexity index is 451. The number of rotatable bonds is 3. The number of aliphatic carboxylic acids is 1. The van der Waals surface area contributed by atoms with Gasteiger partial charge in [0.1, 0.15) is 5.54 Å². The highest BCUT2D eigenvalue weighted by Crippen LogP contribution is 2.40. The summed E-state index contributed by atoms with van der Waals surface area (Å²) >= 11 is 0. The van der Waals surface area contributed by atoms with E-state index in [1.165, 1.54) is 6.42 Å². The summed E-state index contributed by atoms with van der Waals surface area (Å²) in [5.74, 6) is -0.850. The molecule has 0 aromatic rings. The molecule has 3 fully saturated rings. The van der Waals surface area contributed by atoms with Gasteiger partial charge < -0.3 is 15.3 Å². The van der Waals surface area contributed by atoms with E-state index in [1.807, 2.05) is 4.90 Å². The number of nitrogens with one attached hydrogen (secondary N) is 1. The number of amides is 2. The third-order valence-electron chi connectivity index (χ3n) is 5.64. The lowest BCUT2D eigenvalue weighted by Gasteiger charge is -2.32. The summed E-state index contributed by atoms with van der Waals surface area (Å²) in [6.45, 7) is 3.07. The fourth-order valence-electron chi connectivity index (χ4n) is 3.79. The fourth-order valence-corrected chi connectivity index (χ4v) is 3.79. The predicted molar refractivity (Wildman–Crippen MR) is 78.1 cm³/mol. The molecule has 2 amide bonds. The van der Waals surface area contributed by atoms with Crippen LogP contribution in [0.2, 0.25) is 0 Å². The second kappa shape index (κ2) is 5.16. The third-order valence-corrected chi connectivity index (χ3v) is 5.64. The third kappa shape index (κ3) is 2.61. The molecule has 0 radical (unpaired) electrons. The molecular weight excluding hydrogens is 270 g/mol. The van der Waals surface area contributed by atoms with E-state index in [0.717, 1.165) is 32.2 Å². The minimum Gasteiger partial charge on any atom is -0.480 e. The molecule has 2 aliphatic heterocycles. The zero-order valence-corrected chi connectivity index (χ0v) is 12.8. The smallest absolute Gasteiger partial charge is 0.329 e. The van der Waals surface area contributed by atoms with Crippen LogP contribution < -0.4 is 5.32 Å². The molecular formula is C15H25N3O3. The first-order chi connectivity index (χ1) is 9.91. The zero-order chi connectivity index (χ0) is 15.2. The van der Waals surface area contributed by atoms with Gasteiger partial charge in [-0.1, -0.05) is 0 Å². The molecule has 3 rings (SSSR count). The van der Waals surface area contributed by atoms with Crippen LogP contribution in [0.3, 0.4) is 0 Å². The van der Waals surface area contributed by atoms with Crippen LogP contribution in [0.5, 0.6) is 0 Å². The van der Waals surface area contributed by atoms with Gasteiger partial charge in [-0.2, -0.15) is 0 Å². The average Bonchev–Trinajstić information content (AvgIpc) is 3.19. The van der Waals surface area contributed by atoms with E-state index in [1.54, 1.807) is 6.92 Å². The number of carbonyl (C=O) groups excluding carboxylic acids is 1. The number of hydrogen-bond acceptors (Lipinski definition) is 3. The normalized spacial score (nSPS) is 32.4. The van der Waals surface area contributed by atoms with Crippen molar-refractivity contribution < 1.29 is 14.7 Å². The molecule has 3 unspecified atom stereocenters. The monoisotopic (exact) mass is 295 g/mol. The van der Waals surface area contributed by atoms with Gasteiger partial charge in [-0.3, -0.25) is 4.90 Å². The molecule has 1 aliphatic carbocycles. The number of likely N-dealkylation sites (tertiary alicyclic amines) is 1. The number of carboxylic acid groups (broad SMARTS) is 1. The van der Waals surface area contributed by atoms with Crippen LogP contribution in [0.4, 0.5) is 4.79 Å². The summed E-state index contributed by atoms with van der Waals surface area (Å²) < 4.78 is 0. The standard InChI is InChI=1S/C15H25N3O3/c1-15(13(19)20,10-3-4-10)16-14(21)18-8-7-11-5-6-12(9-18)17(11)2/h10-12H,3-9H2,1-2H3,(H,16,21)(H,19,20). The first-order valence-corrected chi connectivity index (χ1v) is 7.94. The minimum atomic E-state index is -1.12. The van der Waals surface area contributed by atoms with Crippen LogP contribution >= 0.6 is 0 Å². The highest BCUT2D eigenvalue weighted by atomic mass is 16.4. The minimum absolute atomic E-state index is 0.0741. The zero-order valence-electron chi connectivity index (χ0n) is 12.8. The van der Waals surface area contributed by atoms with Crippen molar-refractivity contribution in [3.63, 3.8) is 0 Å². The van der Waals surface area contributed by atoms with E-state index >= 15 is 0 Å². The van der Waals surface area contributed by atoms with Crippen LogP contribution in [0, 0.1) is 5.92 Å². The highest BCUT2D eigenvalue weighted by Gasteiger charge is 2.49. The van der Waals surface area contributed by atoms with Crippen LogP contribution in [0.15, 0.2) is 0 Å². The van der Waals surface area contributed by atoms with E-state index in [4.69, 9.17) is 0 Å². The topological polar surface area (TPSA) is 72.9 Å². The summed E-state index contributed by atoms with van der Waals surface area (Å²) in [5, 5.41) is 12.2. The van der Waals surface area contributed by atoms with Crippen molar-refractivity contribution in [2.75, 3.05) is 20.1 Å². The maximum Gasteiger partial charge on any atom is 0.329 e. The lowest BCUT2D eigenvalue weighted by molar-refractivity contribution is -0.144. The fraction of sp³-hybridized carbons (Fsp3) is 0.867. The van der Waals surface area contributed by atoms with Crippen molar-refractivity contribution in [1.29, 1.82) is 0 Å².